The van der Waals surface area contributed by atoms with E-state index in [2.05, 4.69) is 33.0 Å². The van der Waals surface area contributed by atoms with Crippen LogP contribution in [0, 0.1) is 5.82 Å². The highest BCUT2D eigenvalue weighted by Gasteiger charge is 2.20. The summed E-state index contributed by atoms with van der Waals surface area (Å²) in [7, 11) is 0. The number of halogens is 1. The second kappa shape index (κ2) is 8.80. The molecule has 0 heterocycles. The quantitative estimate of drug-likeness (QED) is 0.772. The number of amides is 2. The van der Waals surface area contributed by atoms with Crippen molar-refractivity contribution in [1.82, 2.24) is 0 Å². The molecule has 0 saturated carbocycles. The second-order valence-electron chi connectivity index (χ2n) is 7.25. The zero-order valence-electron chi connectivity index (χ0n) is 16.5. The Morgan fingerprint density at radius 2 is 1.56 bits per heavy atom. The van der Waals surface area contributed by atoms with E-state index in [0.717, 1.165) is 16.8 Å². The van der Waals surface area contributed by atoms with E-state index in [0.29, 0.717) is 5.69 Å². The number of nitrogens with one attached hydrogen (secondary N) is 1. The van der Waals surface area contributed by atoms with Crippen LogP contribution in [0.1, 0.15) is 57.6 Å². The number of carbonyl (C=O) groups is 2. The summed E-state index contributed by atoms with van der Waals surface area (Å²) in [6.07, 6.45) is 0. The van der Waals surface area contributed by atoms with Crippen LogP contribution in [0.3, 0.4) is 0 Å². The standard InChI is InChI=1S/C22H27FN2O2/c1-14(2)19-10-7-11-20(15(3)4)22(19)24-21(27)13-25(16(5)26)18-9-6-8-17(23)12-18/h6-12,14-15H,13H2,1-5H3,(H,24,27). The Hall–Kier alpha value is -2.69. The van der Waals surface area contributed by atoms with E-state index in [1.807, 2.05) is 18.2 Å². The molecule has 27 heavy (non-hydrogen) atoms. The number of anilines is 2. The largest absolute Gasteiger partial charge is 0.324 e. The Bertz CT molecular complexity index is 805. The Kier molecular flexibility index (Phi) is 6.72. The molecule has 1 N–H and O–H groups in total. The molecule has 0 aliphatic carbocycles. The van der Waals surface area contributed by atoms with Gasteiger partial charge in [-0.25, -0.2) is 4.39 Å². The first-order chi connectivity index (χ1) is 12.7. The van der Waals surface area contributed by atoms with Gasteiger partial charge in [0.15, 0.2) is 0 Å². The van der Waals surface area contributed by atoms with Crippen LogP contribution in [0.5, 0.6) is 0 Å². The number of hydrogen-bond acceptors (Lipinski definition) is 2. The zero-order chi connectivity index (χ0) is 20.1. The molecule has 0 fully saturated rings. The monoisotopic (exact) mass is 370 g/mol. The van der Waals surface area contributed by atoms with Crippen LogP contribution in [0.4, 0.5) is 15.8 Å². The fraction of sp³-hybridized carbons (Fsp3) is 0.364. The maximum absolute atomic E-state index is 13.5. The summed E-state index contributed by atoms with van der Waals surface area (Å²) in [6.45, 7) is 9.48. The molecule has 144 valence electrons. The highest BCUT2D eigenvalue weighted by molar-refractivity contribution is 6.02. The van der Waals surface area contributed by atoms with E-state index in [-0.39, 0.29) is 30.2 Å². The molecule has 0 aliphatic heterocycles. The summed E-state index contributed by atoms with van der Waals surface area (Å²) in [5.74, 6) is -0.606. The fourth-order valence-corrected chi connectivity index (χ4v) is 3.05. The van der Waals surface area contributed by atoms with Crippen molar-refractivity contribution in [3.05, 3.63) is 59.4 Å². The lowest BCUT2D eigenvalue weighted by Gasteiger charge is -2.23. The molecule has 0 bridgehead atoms. The van der Waals surface area contributed by atoms with Gasteiger partial charge in [0.25, 0.3) is 0 Å². The molecule has 4 nitrogen and oxygen atoms in total. The van der Waals surface area contributed by atoms with Crippen LogP contribution in [0.15, 0.2) is 42.5 Å². The lowest BCUT2D eigenvalue weighted by molar-refractivity contribution is -0.120. The molecule has 0 atom stereocenters. The van der Waals surface area contributed by atoms with E-state index >= 15 is 0 Å². The first-order valence-electron chi connectivity index (χ1n) is 9.17. The van der Waals surface area contributed by atoms with Gasteiger partial charge in [-0.05, 0) is 41.2 Å². The summed E-state index contributed by atoms with van der Waals surface area (Å²) >= 11 is 0. The summed E-state index contributed by atoms with van der Waals surface area (Å²) < 4.78 is 13.5. The van der Waals surface area contributed by atoms with Crippen LogP contribution in [-0.4, -0.2) is 18.4 Å². The first kappa shape index (κ1) is 20.6. The van der Waals surface area contributed by atoms with Crippen molar-refractivity contribution in [2.45, 2.75) is 46.5 Å². The molecular formula is C22H27FN2O2. The van der Waals surface area contributed by atoms with Gasteiger partial charge in [0.1, 0.15) is 12.4 Å². The maximum Gasteiger partial charge on any atom is 0.244 e. The third-order valence-electron chi connectivity index (χ3n) is 4.44. The van der Waals surface area contributed by atoms with Crippen molar-refractivity contribution in [3.8, 4) is 0 Å². The molecule has 0 radical (unpaired) electrons. The van der Waals surface area contributed by atoms with E-state index in [1.165, 1.54) is 30.0 Å². The van der Waals surface area contributed by atoms with Crippen molar-refractivity contribution in [1.29, 1.82) is 0 Å². The van der Waals surface area contributed by atoms with Crippen molar-refractivity contribution < 1.29 is 14.0 Å². The van der Waals surface area contributed by atoms with Crippen molar-refractivity contribution in [2.24, 2.45) is 0 Å². The highest BCUT2D eigenvalue weighted by atomic mass is 19.1. The minimum atomic E-state index is -0.452. The van der Waals surface area contributed by atoms with E-state index < -0.39 is 5.82 Å². The topological polar surface area (TPSA) is 49.4 Å². The average molecular weight is 370 g/mol. The SMILES string of the molecule is CC(=O)N(CC(=O)Nc1c(C(C)C)cccc1C(C)C)c1cccc(F)c1. The van der Waals surface area contributed by atoms with Gasteiger partial charge in [-0.15, -0.1) is 0 Å². The number of hydrogen-bond donors (Lipinski definition) is 1. The molecule has 0 aromatic heterocycles. The Morgan fingerprint density at radius 3 is 2.04 bits per heavy atom. The number of nitrogens with zero attached hydrogens (tertiary/aromatic N) is 1. The lowest BCUT2D eigenvalue weighted by atomic mass is 9.92. The minimum absolute atomic E-state index is 0.178. The van der Waals surface area contributed by atoms with Gasteiger partial charge in [0.2, 0.25) is 11.8 Å². The smallest absolute Gasteiger partial charge is 0.244 e. The van der Waals surface area contributed by atoms with Gasteiger partial charge in [0, 0.05) is 18.3 Å². The van der Waals surface area contributed by atoms with Crippen LogP contribution < -0.4 is 10.2 Å². The van der Waals surface area contributed by atoms with Gasteiger partial charge in [-0.3, -0.25) is 9.59 Å². The van der Waals surface area contributed by atoms with Crippen LogP contribution >= 0.6 is 0 Å². The molecule has 2 amide bonds. The number of rotatable bonds is 6. The van der Waals surface area contributed by atoms with E-state index in [4.69, 9.17) is 0 Å². The van der Waals surface area contributed by atoms with E-state index in [1.54, 1.807) is 6.07 Å². The summed E-state index contributed by atoms with van der Waals surface area (Å²) in [6, 6.07) is 11.7. The zero-order valence-corrected chi connectivity index (χ0v) is 16.5. The molecule has 2 rings (SSSR count). The first-order valence-corrected chi connectivity index (χ1v) is 9.17. The lowest BCUT2D eigenvalue weighted by Crippen LogP contribution is -2.37. The third-order valence-corrected chi connectivity index (χ3v) is 4.44. The molecule has 0 aliphatic rings. The maximum atomic E-state index is 13.5. The van der Waals surface area contributed by atoms with Crippen molar-refractivity contribution >= 4 is 23.2 Å². The normalized spacial score (nSPS) is 11.0. The molecule has 0 unspecified atom stereocenters. The van der Waals surface area contributed by atoms with Gasteiger partial charge in [0.05, 0.1) is 0 Å². The Labute approximate surface area is 160 Å². The fourth-order valence-electron chi connectivity index (χ4n) is 3.05. The number of carbonyl (C=O) groups excluding carboxylic acids is 2. The summed E-state index contributed by atoms with van der Waals surface area (Å²) in [5, 5.41) is 2.98. The predicted molar refractivity (Wildman–Crippen MR) is 108 cm³/mol. The minimum Gasteiger partial charge on any atom is -0.324 e. The van der Waals surface area contributed by atoms with Gasteiger partial charge in [-0.2, -0.15) is 0 Å². The van der Waals surface area contributed by atoms with Crippen LogP contribution in [0.2, 0.25) is 0 Å². The van der Waals surface area contributed by atoms with Gasteiger partial charge >= 0.3 is 0 Å². The number of para-hydroxylation sites is 1. The Balaban J connectivity index is 2.30. The predicted octanol–water partition coefficient (Wildman–Crippen LogP) is 5.06. The average Bonchev–Trinajstić information content (AvgIpc) is 2.59. The van der Waals surface area contributed by atoms with Crippen LogP contribution in [0.25, 0.3) is 0 Å². The van der Waals surface area contributed by atoms with Crippen molar-refractivity contribution in [2.75, 3.05) is 16.8 Å². The molecule has 2 aromatic rings. The second-order valence-corrected chi connectivity index (χ2v) is 7.25. The molecule has 5 heteroatoms. The molecule has 0 saturated heterocycles. The van der Waals surface area contributed by atoms with Gasteiger partial charge in [-0.1, -0.05) is 52.0 Å². The van der Waals surface area contributed by atoms with Crippen LogP contribution in [-0.2, 0) is 9.59 Å². The van der Waals surface area contributed by atoms with E-state index in [9.17, 15) is 14.0 Å². The van der Waals surface area contributed by atoms with Crippen molar-refractivity contribution in [3.63, 3.8) is 0 Å². The van der Waals surface area contributed by atoms with Gasteiger partial charge < -0.3 is 10.2 Å². The third kappa shape index (κ3) is 5.16. The molecule has 2 aromatic carbocycles. The summed E-state index contributed by atoms with van der Waals surface area (Å²) in [4.78, 5) is 26.0. The summed E-state index contributed by atoms with van der Waals surface area (Å²) in [5.41, 5.74) is 3.26. The Morgan fingerprint density at radius 1 is 1.00 bits per heavy atom. The molecule has 0 spiro atoms. The molecular weight excluding hydrogens is 343 g/mol. The number of benzene rings is 2. The highest BCUT2D eigenvalue weighted by Crippen LogP contribution is 2.32.